The van der Waals surface area contributed by atoms with E-state index in [2.05, 4.69) is 4.99 Å². The maximum absolute atomic E-state index is 14.2. The standard InChI is InChI=1S/C17H16F2N4O.CH4/c18-11-4-5-13(15(19)8-11)12-3-1-2-10-6-7-23(9-14(10)12)17(24)22-16(20)21;/h1-5,8H,6-7,9H2,(H4,20,21,22,24);1H4. The van der Waals surface area contributed by atoms with Gasteiger partial charge in [-0.1, -0.05) is 25.6 Å². The molecule has 25 heavy (non-hydrogen) atoms. The zero-order valence-corrected chi connectivity index (χ0v) is 12.8. The molecule has 0 spiro atoms. The Morgan fingerprint density at radius 1 is 1.12 bits per heavy atom. The summed E-state index contributed by atoms with van der Waals surface area (Å²) in [6.45, 7) is 0.732. The first-order valence-electron chi connectivity index (χ1n) is 7.40. The molecule has 0 aromatic heterocycles. The summed E-state index contributed by atoms with van der Waals surface area (Å²) in [6, 6.07) is 8.44. The average Bonchev–Trinajstić information content (AvgIpc) is 2.53. The van der Waals surface area contributed by atoms with Crippen LogP contribution >= 0.6 is 0 Å². The SMILES string of the molecule is C.NC(N)=NC(=O)N1CCc2cccc(-c3ccc(F)cc3F)c2C1. The molecule has 3 rings (SSSR count). The quantitative estimate of drug-likeness (QED) is 0.615. The van der Waals surface area contributed by atoms with Crippen molar-refractivity contribution in [2.45, 2.75) is 20.4 Å². The lowest BCUT2D eigenvalue weighted by atomic mass is 9.91. The van der Waals surface area contributed by atoms with Gasteiger partial charge in [0, 0.05) is 24.7 Å². The van der Waals surface area contributed by atoms with Crippen LogP contribution in [0.5, 0.6) is 0 Å². The highest BCUT2D eigenvalue weighted by Gasteiger charge is 2.24. The number of hydrogen-bond acceptors (Lipinski definition) is 1. The summed E-state index contributed by atoms with van der Waals surface area (Å²) >= 11 is 0. The topological polar surface area (TPSA) is 84.7 Å². The summed E-state index contributed by atoms with van der Waals surface area (Å²) in [5.41, 5.74) is 13.2. The number of fused-ring (bicyclic) bond motifs is 1. The Kier molecular flexibility index (Phi) is 5.36. The van der Waals surface area contributed by atoms with E-state index in [4.69, 9.17) is 11.5 Å². The van der Waals surface area contributed by atoms with Gasteiger partial charge in [-0.05, 0) is 35.2 Å². The van der Waals surface area contributed by atoms with E-state index in [-0.39, 0.29) is 19.9 Å². The largest absolute Gasteiger partial charge is 0.370 e. The second-order valence-corrected chi connectivity index (χ2v) is 5.56. The highest BCUT2D eigenvalue weighted by atomic mass is 19.1. The van der Waals surface area contributed by atoms with Crippen molar-refractivity contribution in [3.05, 3.63) is 59.2 Å². The molecular formula is C18H20F2N4O. The summed E-state index contributed by atoms with van der Waals surface area (Å²) in [5, 5.41) is 0. The number of nitrogens with two attached hydrogens (primary N) is 2. The maximum atomic E-state index is 14.2. The third-order valence-corrected chi connectivity index (χ3v) is 3.99. The van der Waals surface area contributed by atoms with Gasteiger partial charge in [0.15, 0.2) is 5.96 Å². The molecule has 0 unspecified atom stereocenters. The van der Waals surface area contributed by atoms with E-state index in [1.165, 1.54) is 17.0 Å². The van der Waals surface area contributed by atoms with Gasteiger partial charge in [-0.2, -0.15) is 4.99 Å². The Morgan fingerprint density at radius 3 is 2.56 bits per heavy atom. The maximum Gasteiger partial charge on any atom is 0.347 e. The smallest absolute Gasteiger partial charge is 0.347 e. The monoisotopic (exact) mass is 346 g/mol. The van der Waals surface area contributed by atoms with Crippen molar-refractivity contribution in [3.63, 3.8) is 0 Å². The van der Waals surface area contributed by atoms with Gasteiger partial charge in [0.2, 0.25) is 0 Å². The Hall–Kier alpha value is -2.96. The van der Waals surface area contributed by atoms with Crippen LogP contribution in [-0.2, 0) is 13.0 Å². The van der Waals surface area contributed by atoms with Crippen LogP contribution in [0.4, 0.5) is 13.6 Å². The van der Waals surface area contributed by atoms with Gasteiger partial charge >= 0.3 is 6.03 Å². The Labute approximate surface area is 145 Å². The fourth-order valence-corrected chi connectivity index (χ4v) is 2.89. The minimum atomic E-state index is -0.643. The highest BCUT2D eigenvalue weighted by Crippen LogP contribution is 2.32. The predicted molar refractivity (Wildman–Crippen MR) is 93.8 cm³/mol. The normalized spacial score (nSPS) is 12.8. The van der Waals surface area contributed by atoms with E-state index in [9.17, 15) is 13.6 Å². The van der Waals surface area contributed by atoms with E-state index in [0.717, 1.165) is 17.2 Å². The number of rotatable bonds is 1. The van der Waals surface area contributed by atoms with Crippen LogP contribution in [0.1, 0.15) is 18.6 Å². The molecule has 0 radical (unpaired) electrons. The number of benzene rings is 2. The summed E-state index contributed by atoms with van der Waals surface area (Å²) in [5.74, 6) is -1.58. The molecule has 0 saturated carbocycles. The molecule has 0 bridgehead atoms. The second-order valence-electron chi connectivity index (χ2n) is 5.56. The van der Waals surface area contributed by atoms with Crippen LogP contribution in [0, 0.1) is 11.6 Å². The number of guanidine groups is 1. The number of amides is 2. The molecule has 2 amide bonds. The predicted octanol–water partition coefficient (Wildman–Crippen LogP) is 3.02. The van der Waals surface area contributed by atoms with Crippen molar-refractivity contribution >= 4 is 12.0 Å². The zero-order valence-electron chi connectivity index (χ0n) is 12.8. The molecule has 132 valence electrons. The number of aliphatic imine (C=N–C) groups is 1. The first-order chi connectivity index (χ1) is 11.5. The molecule has 4 N–H and O–H groups in total. The van der Waals surface area contributed by atoms with Crippen molar-refractivity contribution in [2.75, 3.05) is 6.54 Å². The Bertz CT molecular complexity index is 832. The molecule has 0 saturated heterocycles. The first kappa shape index (κ1) is 18.4. The Morgan fingerprint density at radius 2 is 1.88 bits per heavy atom. The number of urea groups is 1. The second kappa shape index (κ2) is 7.29. The molecular weight excluding hydrogens is 326 g/mol. The fourth-order valence-electron chi connectivity index (χ4n) is 2.89. The molecule has 1 aliphatic rings. The molecule has 2 aromatic carbocycles. The van der Waals surface area contributed by atoms with Gasteiger partial charge < -0.3 is 16.4 Å². The van der Waals surface area contributed by atoms with Crippen LogP contribution in [0.25, 0.3) is 11.1 Å². The van der Waals surface area contributed by atoms with E-state index in [1.807, 2.05) is 12.1 Å². The van der Waals surface area contributed by atoms with Crippen LogP contribution in [-0.4, -0.2) is 23.4 Å². The van der Waals surface area contributed by atoms with Crippen molar-refractivity contribution in [3.8, 4) is 11.1 Å². The van der Waals surface area contributed by atoms with E-state index >= 15 is 0 Å². The average molecular weight is 346 g/mol. The summed E-state index contributed by atoms with van der Waals surface area (Å²) < 4.78 is 27.3. The zero-order chi connectivity index (χ0) is 17.3. The molecule has 0 fully saturated rings. The van der Waals surface area contributed by atoms with Gasteiger partial charge in [0.25, 0.3) is 0 Å². The number of nitrogens with zero attached hydrogens (tertiary/aromatic N) is 2. The molecule has 2 aromatic rings. The lowest BCUT2D eigenvalue weighted by Gasteiger charge is -2.29. The van der Waals surface area contributed by atoms with E-state index < -0.39 is 17.7 Å². The van der Waals surface area contributed by atoms with Crippen molar-refractivity contribution in [1.82, 2.24) is 4.90 Å². The van der Waals surface area contributed by atoms with Gasteiger partial charge in [0.1, 0.15) is 11.6 Å². The van der Waals surface area contributed by atoms with Crippen molar-refractivity contribution in [1.29, 1.82) is 0 Å². The van der Waals surface area contributed by atoms with Crippen LogP contribution < -0.4 is 11.5 Å². The molecule has 1 heterocycles. The third-order valence-electron chi connectivity index (χ3n) is 3.99. The highest BCUT2D eigenvalue weighted by molar-refractivity contribution is 5.90. The van der Waals surface area contributed by atoms with Crippen LogP contribution in [0.2, 0.25) is 0 Å². The molecule has 5 nitrogen and oxygen atoms in total. The molecule has 0 aliphatic carbocycles. The lowest BCUT2D eigenvalue weighted by Crippen LogP contribution is -2.36. The van der Waals surface area contributed by atoms with Gasteiger partial charge in [-0.3, -0.25) is 0 Å². The minimum Gasteiger partial charge on any atom is -0.370 e. The summed E-state index contributed by atoms with van der Waals surface area (Å²) in [4.78, 5) is 17.1. The van der Waals surface area contributed by atoms with Crippen LogP contribution in [0.3, 0.4) is 0 Å². The van der Waals surface area contributed by atoms with E-state index in [1.54, 1.807) is 6.07 Å². The number of hydrogen-bond donors (Lipinski definition) is 2. The number of carbonyl (C=O) groups is 1. The van der Waals surface area contributed by atoms with E-state index in [0.29, 0.717) is 24.1 Å². The van der Waals surface area contributed by atoms with Gasteiger partial charge in [-0.25, -0.2) is 13.6 Å². The lowest BCUT2D eigenvalue weighted by molar-refractivity contribution is 0.203. The summed E-state index contributed by atoms with van der Waals surface area (Å²) in [7, 11) is 0. The summed E-state index contributed by atoms with van der Waals surface area (Å²) in [6.07, 6.45) is 0.609. The first-order valence-corrected chi connectivity index (χ1v) is 7.40. The van der Waals surface area contributed by atoms with Gasteiger partial charge in [0.05, 0.1) is 0 Å². The molecule has 1 aliphatic heterocycles. The number of halogens is 2. The molecule has 7 heteroatoms. The van der Waals surface area contributed by atoms with Gasteiger partial charge in [-0.15, -0.1) is 0 Å². The minimum absolute atomic E-state index is 0. The van der Waals surface area contributed by atoms with Crippen molar-refractivity contribution in [2.24, 2.45) is 16.5 Å². The van der Waals surface area contributed by atoms with Crippen molar-refractivity contribution < 1.29 is 13.6 Å². The number of carbonyl (C=O) groups excluding carboxylic acids is 1. The Balaban J connectivity index is 0.00000225. The third kappa shape index (κ3) is 3.76. The molecule has 0 atom stereocenters. The van der Waals surface area contributed by atoms with Crippen LogP contribution in [0.15, 0.2) is 41.4 Å². The fraction of sp³-hybridized carbons (Fsp3) is 0.222.